The van der Waals surface area contributed by atoms with Crippen molar-refractivity contribution in [3.8, 4) is 16.3 Å². The maximum Gasteiger partial charge on any atom is 0.138 e. The van der Waals surface area contributed by atoms with Crippen molar-refractivity contribution in [1.82, 2.24) is 4.98 Å². The molecule has 4 heteroatoms. The number of thiazole rings is 1. The molecule has 2 aromatic carbocycles. The number of fused-ring (bicyclic) bond motifs is 1. The van der Waals surface area contributed by atoms with Gasteiger partial charge in [0.1, 0.15) is 23.5 Å². The monoisotopic (exact) mass is 283 g/mol. The first-order valence-corrected chi connectivity index (χ1v) is 7.41. The highest BCUT2D eigenvalue weighted by atomic mass is 32.1. The Kier molecular flexibility index (Phi) is 2.90. The standard InChI is InChI=1S/C16H13NO2S/c1-2-5-11(6-3-1)16-17-13-7-4-8-14(15(13)20-16)19-10-12-9-18-12/h1-8,12H,9-10H2. The number of epoxide rings is 1. The zero-order valence-corrected chi connectivity index (χ0v) is 11.6. The summed E-state index contributed by atoms with van der Waals surface area (Å²) in [6, 6.07) is 16.2. The second-order valence-corrected chi connectivity index (χ2v) is 5.75. The van der Waals surface area contributed by atoms with Crippen molar-refractivity contribution in [2.24, 2.45) is 0 Å². The lowest BCUT2D eigenvalue weighted by atomic mass is 10.2. The van der Waals surface area contributed by atoms with Gasteiger partial charge in [0.25, 0.3) is 0 Å². The molecule has 0 bridgehead atoms. The van der Waals surface area contributed by atoms with Crippen molar-refractivity contribution in [2.75, 3.05) is 13.2 Å². The number of benzene rings is 2. The number of hydrogen-bond donors (Lipinski definition) is 0. The molecule has 2 heterocycles. The average molecular weight is 283 g/mol. The molecule has 0 amide bonds. The molecular formula is C16H13NO2S. The second-order valence-electron chi connectivity index (χ2n) is 4.76. The second kappa shape index (κ2) is 4.89. The molecule has 1 aliphatic heterocycles. The smallest absolute Gasteiger partial charge is 0.138 e. The molecule has 1 unspecified atom stereocenters. The minimum atomic E-state index is 0.270. The van der Waals surface area contributed by atoms with E-state index in [0.29, 0.717) is 6.61 Å². The molecule has 20 heavy (non-hydrogen) atoms. The van der Waals surface area contributed by atoms with Crippen molar-refractivity contribution in [3.05, 3.63) is 48.5 Å². The molecule has 0 radical (unpaired) electrons. The van der Waals surface area contributed by atoms with Gasteiger partial charge in [-0.2, -0.15) is 0 Å². The van der Waals surface area contributed by atoms with Gasteiger partial charge in [-0.3, -0.25) is 0 Å². The highest BCUT2D eigenvalue weighted by molar-refractivity contribution is 7.22. The van der Waals surface area contributed by atoms with Crippen LogP contribution in [-0.4, -0.2) is 24.3 Å². The first-order valence-electron chi connectivity index (χ1n) is 6.59. The lowest BCUT2D eigenvalue weighted by Crippen LogP contribution is -2.03. The van der Waals surface area contributed by atoms with Crippen LogP contribution in [0.25, 0.3) is 20.8 Å². The van der Waals surface area contributed by atoms with Gasteiger partial charge in [-0.15, -0.1) is 11.3 Å². The molecule has 1 atom stereocenters. The summed E-state index contributed by atoms with van der Waals surface area (Å²) in [5.41, 5.74) is 2.13. The van der Waals surface area contributed by atoms with Gasteiger partial charge in [-0.25, -0.2) is 4.98 Å². The molecule has 3 nitrogen and oxygen atoms in total. The van der Waals surface area contributed by atoms with Gasteiger partial charge < -0.3 is 9.47 Å². The zero-order chi connectivity index (χ0) is 13.4. The lowest BCUT2D eigenvalue weighted by Gasteiger charge is -2.03. The third kappa shape index (κ3) is 2.28. The summed E-state index contributed by atoms with van der Waals surface area (Å²) in [4.78, 5) is 4.69. The molecule has 0 saturated carbocycles. The summed E-state index contributed by atoms with van der Waals surface area (Å²) in [6.07, 6.45) is 0.270. The first-order chi connectivity index (χ1) is 9.90. The molecule has 0 aliphatic carbocycles. The number of rotatable bonds is 4. The van der Waals surface area contributed by atoms with Crippen LogP contribution in [-0.2, 0) is 4.74 Å². The van der Waals surface area contributed by atoms with Gasteiger partial charge in [0.2, 0.25) is 0 Å². The molecule has 0 spiro atoms. The molecule has 100 valence electrons. The van der Waals surface area contributed by atoms with Gasteiger partial charge in [0, 0.05) is 5.56 Å². The summed E-state index contributed by atoms with van der Waals surface area (Å²) in [5, 5.41) is 1.03. The van der Waals surface area contributed by atoms with E-state index in [2.05, 4.69) is 12.1 Å². The Labute approximate surface area is 120 Å². The SMILES string of the molecule is c1ccc(-c2nc3cccc(OCC4CO4)c3s2)cc1. The van der Waals surface area contributed by atoms with E-state index in [1.807, 2.05) is 36.4 Å². The van der Waals surface area contributed by atoms with Crippen LogP contribution in [0.5, 0.6) is 5.75 Å². The molecule has 4 rings (SSSR count). The van der Waals surface area contributed by atoms with E-state index < -0.39 is 0 Å². The predicted molar refractivity (Wildman–Crippen MR) is 80.3 cm³/mol. The molecule has 0 N–H and O–H groups in total. The fraction of sp³-hybridized carbons (Fsp3) is 0.188. The predicted octanol–water partition coefficient (Wildman–Crippen LogP) is 3.74. The van der Waals surface area contributed by atoms with E-state index in [1.54, 1.807) is 11.3 Å². The fourth-order valence-electron chi connectivity index (χ4n) is 2.09. The highest BCUT2D eigenvalue weighted by Crippen LogP contribution is 2.36. The maximum absolute atomic E-state index is 5.84. The van der Waals surface area contributed by atoms with Gasteiger partial charge in [0.05, 0.1) is 16.8 Å². The third-order valence-electron chi connectivity index (χ3n) is 3.23. The Balaban J connectivity index is 1.72. The summed E-state index contributed by atoms with van der Waals surface area (Å²) in [5.74, 6) is 0.901. The average Bonchev–Trinajstić information content (AvgIpc) is 3.22. The third-order valence-corrected chi connectivity index (χ3v) is 4.36. The van der Waals surface area contributed by atoms with Crippen molar-refractivity contribution in [2.45, 2.75) is 6.10 Å². The van der Waals surface area contributed by atoms with Crippen LogP contribution in [0.15, 0.2) is 48.5 Å². The van der Waals surface area contributed by atoms with Crippen molar-refractivity contribution < 1.29 is 9.47 Å². The van der Waals surface area contributed by atoms with Crippen LogP contribution in [0.4, 0.5) is 0 Å². The Morgan fingerprint density at radius 3 is 2.80 bits per heavy atom. The van der Waals surface area contributed by atoms with Crippen LogP contribution in [0.1, 0.15) is 0 Å². The lowest BCUT2D eigenvalue weighted by molar-refractivity contribution is 0.265. The minimum Gasteiger partial charge on any atom is -0.489 e. The van der Waals surface area contributed by atoms with Crippen molar-refractivity contribution >= 4 is 21.6 Å². The first kappa shape index (κ1) is 11.9. The topological polar surface area (TPSA) is 34.6 Å². The van der Waals surface area contributed by atoms with Crippen molar-refractivity contribution in [1.29, 1.82) is 0 Å². The number of aromatic nitrogens is 1. The Morgan fingerprint density at radius 1 is 1.15 bits per heavy atom. The molecule has 3 aromatic rings. The largest absolute Gasteiger partial charge is 0.489 e. The van der Waals surface area contributed by atoms with E-state index in [0.717, 1.165) is 33.1 Å². The fourth-order valence-corrected chi connectivity index (χ4v) is 3.13. The van der Waals surface area contributed by atoms with Crippen LogP contribution in [0, 0.1) is 0 Å². The summed E-state index contributed by atoms with van der Waals surface area (Å²) < 4.78 is 12.1. The van der Waals surface area contributed by atoms with Crippen molar-refractivity contribution in [3.63, 3.8) is 0 Å². The van der Waals surface area contributed by atoms with E-state index in [1.165, 1.54) is 0 Å². The van der Waals surface area contributed by atoms with Crippen LogP contribution >= 0.6 is 11.3 Å². The molecular weight excluding hydrogens is 270 g/mol. The van der Waals surface area contributed by atoms with Crippen LogP contribution in [0.3, 0.4) is 0 Å². The van der Waals surface area contributed by atoms with Crippen LogP contribution in [0.2, 0.25) is 0 Å². The van der Waals surface area contributed by atoms with E-state index in [9.17, 15) is 0 Å². The molecule has 1 saturated heterocycles. The van der Waals surface area contributed by atoms with Gasteiger partial charge >= 0.3 is 0 Å². The summed E-state index contributed by atoms with van der Waals surface area (Å²) in [7, 11) is 0. The van der Waals surface area contributed by atoms with Crippen LogP contribution < -0.4 is 4.74 Å². The zero-order valence-electron chi connectivity index (χ0n) is 10.8. The minimum absolute atomic E-state index is 0.270. The maximum atomic E-state index is 5.84. The molecule has 1 aliphatic rings. The summed E-state index contributed by atoms with van der Waals surface area (Å²) in [6.45, 7) is 1.44. The van der Waals surface area contributed by atoms with E-state index >= 15 is 0 Å². The summed E-state index contributed by atoms with van der Waals surface area (Å²) >= 11 is 1.67. The van der Waals surface area contributed by atoms with Gasteiger partial charge in [-0.05, 0) is 12.1 Å². The highest BCUT2D eigenvalue weighted by Gasteiger charge is 2.23. The number of nitrogens with zero attached hydrogens (tertiary/aromatic N) is 1. The molecule has 1 fully saturated rings. The Hall–Kier alpha value is -1.91. The normalized spacial score (nSPS) is 17.3. The van der Waals surface area contributed by atoms with E-state index in [-0.39, 0.29) is 6.10 Å². The van der Waals surface area contributed by atoms with Gasteiger partial charge in [0.15, 0.2) is 0 Å². The Morgan fingerprint density at radius 2 is 2.00 bits per heavy atom. The number of hydrogen-bond acceptors (Lipinski definition) is 4. The Bertz CT molecular complexity index is 735. The molecule has 1 aromatic heterocycles. The quantitative estimate of drug-likeness (QED) is 0.684. The number of ether oxygens (including phenoxy) is 2. The van der Waals surface area contributed by atoms with Gasteiger partial charge in [-0.1, -0.05) is 36.4 Å². The van der Waals surface area contributed by atoms with E-state index in [4.69, 9.17) is 14.5 Å².